The van der Waals surface area contributed by atoms with Crippen LogP contribution >= 0.6 is 10.6 Å². The fourth-order valence-electron chi connectivity index (χ4n) is 3.64. The predicted molar refractivity (Wildman–Crippen MR) is 97.6 cm³/mol. The quantitative estimate of drug-likeness (QED) is 0.263. The molecule has 3 rings (SSSR count). The topological polar surface area (TPSA) is 142 Å². The lowest BCUT2D eigenvalue weighted by Gasteiger charge is -2.57. The monoisotopic (exact) mass is 383 g/mol. The Hall–Kier alpha value is -2.27. The van der Waals surface area contributed by atoms with E-state index in [1.54, 1.807) is 6.08 Å². The molecule has 1 atom stereocenters. The molecule has 0 aliphatic carbocycles. The van der Waals surface area contributed by atoms with Crippen molar-refractivity contribution in [2.24, 2.45) is 0 Å². The minimum absolute atomic E-state index is 0.0331. The van der Waals surface area contributed by atoms with E-state index in [0.717, 1.165) is 11.3 Å². The Morgan fingerprint density at radius 3 is 2.62 bits per heavy atom. The third-order valence-electron chi connectivity index (χ3n) is 4.83. The van der Waals surface area contributed by atoms with Crippen LogP contribution in [0.1, 0.15) is 12.0 Å². The smallest absolute Gasteiger partial charge is 0.404 e. The number of amides is 2. The van der Waals surface area contributed by atoms with Crippen molar-refractivity contribution in [2.45, 2.75) is 17.2 Å². The molecule has 2 amide bonds. The number of carbonyl (C=O) groups is 2. The lowest BCUT2D eigenvalue weighted by atomic mass is 9.90. The molecule has 2 aliphatic rings. The van der Waals surface area contributed by atoms with Crippen molar-refractivity contribution in [3.63, 3.8) is 0 Å². The molecular weight excluding hydrogens is 362 g/mol. The standard InChI is InChI=1S/C16H21N3O6S/c20-14(18-23)6-5-11-3-1-2-4-13(11)19-9-16(10-19)7-12(17-15(21)22)8-26(16,24)25/h1-6,12,17,23-25H,7-10H2,(H,18,20)(H,21,22)/b6-5+. The van der Waals surface area contributed by atoms with Crippen LogP contribution in [0.3, 0.4) is 0 Å². The summed E-state index contributed by atoms with van der Waals surface area (Å²) >= 11 is 0. The predicted octanol–water partition coefficient (Wildman–Crippen LogP) is 1.55. The van der Waals surface area contributed by atoms with E-state index >= 15 is 0 Å². The highest BCUT2D eigenvalue weighted by Crippen LogP contribution is 2.64. The van der Waals surface area contributed by atoms with Crippen LogP contribution in [0.4, 0.5) is 10.5 Å². The van der Waals surface area contributed by atoms with Crippen molar-refractivity contribution in [3.8, 4) is 0 Å². The number of para-hydroxylation sites is 1. The van der Waals surface area contributed by atoms with Crippen molar-refractivity contribution < 1.29 is 29.0 Å². The summed E-state index contributed by atoms with van der Waals surface area (Å²) < 4.78 is 20.2. The number of hydrogen-bond acceptors (Lipinski definition) is 6. The SMILES string of the molecule is O=C(O)NC1CC2(CN(c3ccccc3/C=C/C(=O)NO)C2)S(O)(O)C1. The second-order valence-electron chi connectivity index (χ2n) is 6.59. The number of nitrogens with zero attached hydrogens (tertiary/aromatic N) is 1. The summed E-state index contributed by atoms with van der Waals surface area (Å²) in [4.78, 5) is 24.0. The van der Waals surface area contributed by atoms with Crippen molar-refractivity contribution in [2.75, 3.05) is 23.7 Å². The van der Waals surface area contributed by atoms with Gasteiger partial charge in [-0.15, -0.1) is 0 Å². The fourth-order valence-corrected chi connectivity index (χ4v) is 5.95. The van der Waals surface area contributed by atoms with Gasteiger partial charge in [0.15, 0.2) is 0 Å². The first-order valence-electron chi connectivity index (χ1n) is 7.97. The van der Waals surface area contributed by atoms with Gasteiger partial charge in [0.1, 0.15) is 0 Å². The lowest BCUT2D eigenvalue weighted by molar-refractivity contribution is -0.124. The maximum atomic E-state index is 11.2. The van der Waals surface area contributed by atoms with E-state index in [1.807, 2.05) is 29.2 Å². The van der Waals surface area contributed by atoms with Crippen LogP contribution in [0.2, 0.25) is 0 Å². The summed E-state index contributed by atoms with van der Waals surface area (Å²) in [6.07, 6.45) is 1.97. The molecule has 9 nitrogen and oxygen atoms in total. The molecule has 1 aromatic rings. The number of anilines is 1. The second-order valence-corrected chi connectivity index (χ2v) is 9.12. The first kappa shape index (κ1) is 18.5. The van der Waals surface area contributed by atoms with Gasteiger partial charge in [0, 0.05) is 24.9 Å². The van der Waals surface area contributed by atoms with Gasteiger partial charge in [-0.05, 0) is 24.1 Å². The largest absolute Gasteiger partial charge is 0.465 e. The summed E-state index contributed by atoms with van der Waals surface area (Å²) in [5.74, 6) is -0.613. The van der Waals surface area contributed by atoms with E-state index in [-0.39, 0.29) is 5.75 Å². The Morgan fingerprint density at radius 1 is 1.27 bits per heavy atom. The Balaban J connectivity index is 1.75. The third kappa shape index (κ3) is 3.36. The van der Waals surface area contributed by atoms with E-state index < -0.39 is 33.4 Å². The van der Waals surface area contributed by atoms with Crippen molar-refractivity contribution in [1.29, 1.82) is 0 Å². The number of carbonyl (C=O) groups excluding carboxylic acids is 1. The average Bonchev–Trinajstić information content (AvgIpc) is 2.80. The zero-order valence-corrected chi connectivity index (χ0v) is 14.6. The van der Waals surface area contributed by atoms with Crippen LogP contribution in [-0.4, -0.2) is 61.1 Å². The molecule has 1 aromatic carbocycles. The van der Waals surface area contributed by atoms with Crippen LogP contribution < -0.4 is 15.7 Å². The summed E-state index contributed by atoms with van der Waals surface area (Å²) in [6.45, 7) is 0.786. The van der Waals surface area contributed by atoms with Crippen molar-refractivity contribution >= 4 is 34.4 Å². The van der Waals surface area contributed by atoms with Crippen molar-refractivity contribution in [1.82, 2.24) is 10.8 Å². The van der Waals surface area contributed by atoms with Gasteiger partial charge in [0.2, 0.25) is 0 Å². The molecule has 0 bridgehead atoms. The zero-order chi connectivity index (χ0) is 18.9. The second kappa shape index (κ2) is 6.80. The Kier molecular flexibility index (Phi) is 4.84. The number of rotatable bonds is 4. The van der Waals surface area contributed by atoms with Gasteiger partial charge in [-0.3, -0.25) is 19.1 Å². The Bertz CT molecular complexity index is 747. The lowest BCUT2D eigenvalue weighted by Crippen LogP contribution is -2.63. The molecule has 6 N–H and O–H groups in total. The van der Waals surface area contributed by atoms with Gasteiger partial charge in [-0.1, -0.05) is 18.2 Å². The molecule has 1 unspecified atom stereocenters. The molecule has 2 saturated heterocycles. The molecule has 0 saturated carbocycles. The molecule has 2 fully saturated rings. The van der Waals surface area contributed by atoms with Gasteiger partial charge in [-0.2, -0.15) is 10.6 Å². The van der Waals surface area contributed by atoms with E-state index in [2.05, 4.69) is 5.32 Å². The Morgan fingerprint density at radius 2 is 1.96 bits per heavy atom. The molecule has 0 radical (unpaired) electrons. The molecule has 2 aliphatic heterocycles. The van der Waals surface area contributed by atoms with Crippen LogP contribution in [0.25, 0.3) is 6.08 Å². The van der Waals surface area contributed by atoms with Crippen LogP contribution in [0.15, 0.2) is 30.3 Å². The van der Waals surface area contributed by atoms with E-state index in [1.165, 1.54) is 11.6 Å². The van der Waals surface area contributed by atoms with E-state index in [9.17, 15) is 18.7 Å². The maximum absolute atomic E-state index is 11.2. The molecule has 2 heterocycles. The molecule has 26 heavy (non-hydrogen) atoms. The third-order valence-corrected chi connectivity index (χ3v) is 7.51. The number of nitrogens with one attached hydrogen (secondary N) is 2. The summed E-state index contributed by atoms with van der Waals surface area (Å²) in [6, 6.07) is 6.85. The summed E-state index contributed by atoms with van der Waals surface area (Å²) in [7, 11) is -2.91. The van der Waals surface area contributed by atoms with Crippen LogP contribution in [0.5, 0.6) is 0 Å². The summed E-state index contributed by atoms with van der Waals surface area (Å²) in [5, 5.41) is 19.8. The fraction of sp³-hybridized carbons (Fsp3) is 0.375. The van der Waals surface area contributed by atoms with Gasteiger partial charge in [-0.25, -0.2) is 10.3 Å². The highest BCUT2D eigenvalue weighted by molar-refractivity contribution is 8.25. The van der Waals surface area contributed by atoms with Gasteiger partial charge < -0.3 is 15.3 Å². The number of benzene rings is 1. The van der Waals surface area contributed by atoms with E-state index in [0.29, 0.717) is 19.5 Å². The van der Waals surface area contributed by atoms with Crippen molar-refractivity contribution in [3.05, 3.63) is 35.9 Å². The molecular formula is C16H21N3O6S. The highest BCUT2D eigenvalue weighted by atomic mass is 32.3. The molecule has 0 aromatic heterocycles. The minimum atomic E-state index is -2.91. The first-order valence-corrected chi connectivity index (χ1v) is 9.69. The zero-order valence-electron chi connectivity index (χ0n) is 13.8. The van der Waals surface area contributed by atoms with Crippen LogP contribution in [0, 0.1) is 0 Å². The van der Waals surface area contributed by atoms with Gasteiger partial charge in [0.25, 0.3) is 5.91 Å². The molecule has 142 valence electrons. The normalized spacial score (nSPS) is 24.3. The molecule has 1 spiro atoms. The summed E-state index contributed by atoms with van der Waals surface area (Å²) in [5.41, 5.74) is 3.10. The molecule has 10 heteroatoms. The Labute approximate surface area is 151 Å². The highest BCUT2D eigenvalue weighted by Gasteiger charge is 2.59. The first-order chi connectivity index (χ1) is 12.3. The number of carboxylic acid groups (broad SMARTS) is 1. The van der Waals surface area contributed by atoms with Crippen LogP contribution in [-0.2, 0) is 4.79 Å². The van der Waals surface area contributed by atoms with Gasteiger partial charge >= 0.3 is 6.09 Å². The maximum Gasteiger partial charge on any atom is 0.404 e. The number of hydrogen-bond donors (Lipinski definition) is 6. The average molecular weight is 383 g/mol. The van der Waals surface area contributed by atoms with Gasteiger partial charge in [0.05, 0.1) is 16.5 Å². The number of hydroxylamine groups is 1. The minimum Gasteiger partial charge on any atom is -0.465 e. The van der Waals surface area contributed by atoms with E-state index in [4.69, 9.17) is 10.3 Å².